The zero-order valence-electron chi connectivity index (χ0n) is 24.5. The topological polar surface area (TPSA) is 39.9 Å². The molecule has 1 aromatic heterocycles. The molecule has 1 saturated carbocycles. The number of hydrogen-bond acceptors (Lipinski definition) is 3. The molecule has 3 aliphatic rings. The van der Waals surface area contributed by atoms with Gasteiger partial charge in [0.1, 0.15) is 0 Å². The molecule has 1 spiro atoms. The highest BCUT2D eigenvalue weighted by Gasteiger charge is 2.64. The van der Waals surface area contributed by atoms with Crippen molar-refractivity contribution >= 4 is 0 Å². The zero-order chi connectivity index (χ0) is 25.9. The highest BCUT2D eigenvalue weighted by molar-refractivity contribution is 5.30. The average Bonchev–Trinajstić information content (AvgIpc) is 3.43. The minimum absolute atomic E-state index is 0.0909. The maximum atomic E-state index is 7.28. The number of nitrogens with zero attached hydrogens (tertiary/aromatic N) is 3. The summed E-state index contributed by atoms with van der Waals surface area (Å²) in [6.45, 7) is 15.5. The standard InChI is InChI=1S/C32H55N3O/c1-7-8-9-10-11-12-13-14-16-27-25-35(34-33-27)24-23-30(5)21-22-32(36-30)26(2)17-18-28-29(3,4)19-15-20-31(28,32)6/h17,25,28H,7-16,18-24H2,1-6H3/t28-,30-,31-,32+/m0/s1. The molecular weight excluding hydrogens is 442 g/mol. The Hall–Kier alpha value is -1.16. The Kier molecular flexibility index (Phi) is 8.74. The summed E-state index contributed by atoms with van der Waals surface area (Å²) in [5.41, 5.74) is 3.10. The molecule has 0 unspecified atom stereocenters. The number of aromatic nitrogens is 3. The molecule has 2 fully saturated rings. The van der Waals surface area contributed by atoms with Gasteiger partial charge in [0.25, 0.3) is 0 Å². The SMILES string of the molecule is CCCCCCCCCCc1cn(CC[C@]2(C)CC[C@@]3(O2)C(C)=CC[C@H]2C(C)(C)CCC[C@@]23C)nn1. The molecule has 0 radical (unpaired) electrons. The summed E-state index contributed by atoms with van der Waals surface area (Å²) in [6.07, 6.45) is 25.1. The van der Waals surface area contributed by atoms with Gasteiger partial charge in [-0.15, -0.1) is 5.10 Å². The molecule has 2 heterocycles. The summed E-state index contributed by atoms with van der Waals surface area (Å²) in [5, 5.41) is 8.96. The lowest BCUT2D eigenvalue weighted by molar-refractivity contribution is -0.190. The van der Waals surface area contributed by atoms with Crippen molar-refractivity contribution in [3.8, 4) is 0 Å². The molecule has 0 aromatic carbocycles. The van der Waals surface area contributed by atoms with Gasteiger partial charge in [0.15, 0.2) is 0 Å². The molecule has 4 rings (SSSR count). The van der Waals surface area contributed by atoms with Gasteiger partial charge in [-0.05, 0) is 82.1 Å². The van der Waals surface area contributed by atoms with E-state index >= 15 is 0 Å². The zero-order valence-corrected chi connectivity index (χ0v) is 24.5. The first-order valence-corrected chi connectivity index (χ1v) is 15.4. The molecular formula is C32H55N3O. The molecule has 0 bridgehead atoms. The molecule has 1 saturated heterocycles. The van der Waals surface area contributed by atoms with Crippen molar-refractivity contribution in [1.29, 1.82) is 0 Å². The smallest absolute Gasteiger partial charge is 0.0953 e. The van der Waals surface area contributed by atoms with Gasteiger partial charge in [0.05, 0.1) is 16.9 Å². The van der Waals surface area contributed by atoms with Crippen molar-refractivity contribution in [1.82, 2.24) is 15.0 Å². The van der Waals surface area contributed by atoms with E-state index in [1.165, 1.54) is 82.6 Å². The molecule has 0 N–H and O–H groups in total. The van der Waals surface area contributed by atoms with E-state index in [0.29, 0.717) is 11.3 Å². The van der Waals surface area contributed by atoms with E-state index in [9.17, 15) is 0 Å². The largest absolute Gasteiger partial charge is 0.364 e. The minimum atomic E-state index is -0.0918. The van der Waals surface area contributed by atoms with Gasteiger partial charge in [-0.3, -0.25) is 4.68 Å². The van der Waals surface area contributed by atoms with Crippen molar-refractivity contribution in [2.24, 2.45) is 16.7 Å². The van der Waals surface area contributed by atoms with Gasteiger partial charge in [-0.2, -0.15) is 0 Å². The summed E-state index contributed by atoms with van der Waals surface area (Å²) in [4.78, 5) is 0. The van der Waals surface area contributed by atoms with E-state index in [4.69, 9.17) is 4.74 Å². The molecule has 36 heavy (non-hydrogen) atoms. The molecule has 2 aliphatic carbocycles. The van der Waals surface area contributed by atoms with Gasteiger partial charge < -0.3 is 4.74 Å². The first-order chi connectivity index (χ1) is 17.1. The second-order valence-electron chi connectivity index (χ2n) is 13.8. The second kappa shape index (κ2) is 11.3. The van der Waals surface area contributed by atoms with E-state index in [2.05, 4.69) is 68.8 Å². The Balaban J connectivity index is 1.29. The third-order valence-corrected chi connectivity index (χ3v) is 10.6. The summed E-state index contributed by atoms with van der Waals surface area (Å²) >= 11 is 0. The highest BCUT2D eigenvalue weighted by Crippen LogP contribution is 2.66. The monoisotopic (exact) mass is 497 g/mol. The van der Waals surface area contributed by atoms with Crippen molar-refractivity contribution in [3.05, 3.63) is 23.5 Å². The van der Waals surface area contributed by atoms with Gasteiger partial charge in [-0.25, -0.2) is 0 Å². The summed E-state index contributed by atoms with van der Waals surface area (Å²) in [6, 6.07) is 0. The van der Waals surface area contributed by atoms with Crippen LogP contribution in [0.2, 0.25) is 0 Å². The van der Waals surface area contributed by atoms with Crippen LogP contribution in [0.1, 0.15) is 144 Å². The Morgan fingerprint density at radius 2 is 1.67 bits per heavy atom. The number of allylic oxidation sites excluding steroid dienone is 1. The number of ether oxygens (including phenoxy) is 1. The Morgan fingerprint density at radius 1 is 0.944 bits per heavy atom. The summed E-state index contributed by atoms with van der Waals surface area (Å²) in [7, 11) is 0. The fourth-order valence-corrected chi connectivity index (χ4v) is 8.27. The number of hydrogen-bond donors (Lipinski definition) is 0. The predicted molar refractivity (Wildman–Crippen MR) is 150 cm³/mol. The lowest BCUT2D eigenvalue weighted by Crippen LogP contribution is -2.59. The molecule has 204 valence electrons. The predicted octanol–water partition coefficient (Wildman–Crippen LogP) is 8.84. The Labute approximate surface area is 222 Å². The number of aryl methyl sites for hydroxylation is 2. The van der Waals surface area contributed by atoms with E-state index in [1.54, 1.807) is 0 Å². The van der Waals surface area contributed by atoms with Gasteiger partial charge in [0.2, 0.25) is 0 Å². The second-order valence-corrected chi connectivity index (χ2v) is 13.8. The summed E-state index contributed by atoms with van der Waals surface area (Å²) < 4.78 is 9.35. The molecule has 4 nitrogen and oxygen atoms in total. The van der Waals surface area contributed by atoms with Crippen molar-refractivity contribution in [2.75, 3.05) is 0 Å². The fraction of sp³-hybridized carbons (Fsp3) is 0.875. The van der Waals surface area contributed by atoms with Crippen LogP contribution in [0.5, 0.6) is 0 Å². The van der Waals surface area contributed by atoms with Gasteiger partial charge in [0, 0.05) is 18.2 Å². The number of fused-ring (bicyclic) bond motifs is 2. The van der Waals surface area contributed by atoms with E-state index < -0.39 is 0 Å². The van der Waals surface area contributed by atoms with Crippen LogP contribution < -0.4 is 0 Å². The average molecular weight is 498 g/mol. The molecule has 1 aliphatic heterocycles. The maximum absolute atomic E-state index is 7.28. The van der Waals surface area contributed by atoms with Crippen LogP contribution in [0, 0.1) is 16.7 Å². The third kappa shape index (κ3) is 5.64. The van der Waals surface area contributed by atoms with Gasteiger partial charge in [-0.1, -0.05) is 90.4 Å². The molecule has 0 amide bonds. The maximum Gasteiger partial charge on any atom is 0.0953 e. The number of unbranched alkanes of at least 4 members (excludes halogenated alkanes) is 7. The number of rotatable bonds is 12. The lowest BCUT2D eigenvalue weighted by Gasteiger charge is -2.61. The van der Waals surface area contributed by atoms with E-state index in [0.717, 1.165) is 37.9 Å². The quantitative estimate of drug-likeness (QED) is 0.214. The minimum Gasteiger partial charge on any atom is -0.364 e. The molecule has 4 atom stereocenters. The van der Waals surface area contributed by atoms with Crippen LogP contribution in [0.3, 0.4) is 0 Å². The van der Waals surface area contributed by atoms with Crippen LogP contribution in [-0.2, 0) is 17.7 Å². The van der Waals surface area contributed by atoms with Gasteiger partial charge >= 0.3 is 0 Å². The van der Waals surface area contributed by atoms with Crippen LogP contribution in [-0.4, -0.2) is 26.2 Å². The third-order valence-electron chi connectivity index (χ3n) is 10.6. The van der Waals surface area contributed by atoms with E-state index in [-0.39, 0.29) is 16.6 Å². The lowest BCUT2D eigenvalue weighted by atomic mass is 9.46. The van der Waals surface area contributed by atoms with Crippen molar-refractivity contribution < 1.29 is 4.74 Å². The Morgan fingerprint density at radius 3 is 2.42 bits per heavy atom. The van der Waals surface area contributed by atoms with Crippen LogP contribution in [0.25, 0.3) is 0 Å². The molecule has 4 heteroatoms. The van der Waals surface area contributed by atoms with Crippen molar-refractivity contribution in [3.63, 3.8) is 0 Å². The first kappa shape index (κ1) is 27.9. The van der Waals surface area contributed by atoms with Crippen LogP contribution >= 0.6 is 0 Å². The first-order valence-electron chi connectivity index (χ1n) is 15.4. The Bertz CT molecular complexity index is 888. The normalized spacial score (nSPS) is 33.6. The summed E-state index contributed by atoms with van der Waals surface area (Å²) in [5.74, 6) is 0.707. The highest BCUT2D eigenvalue weighted by atomic mass is 16.5. The van der Waals surface area contributed by atoms with Crippen molar-refractivity contribution in [2.45, 2.75) is 162 Å². The van der Waals surface area contributed by atoms with Crippen LogP contribution in [0.4, 0.5) is 0 Å². The van der Waals surface area contributed by atoms with E-state index in [1.807, 2.05) is 0 Å². The fourth-order valence-electron chi connectivity index (χ4n) is 8.27. The molecule has 1 aromatic rings. The van der Waals surface area contributed by atoms with Crippen LogP contribution in [0.15, 0.2) is 17.8 Å².